The molecule has 0 aliphatic carbocycles. The number of hydrogen-bond donors (Lipinski definition) is 0. The molecule has 2 aromatic carbocycles. The molecule has 2 aromatic rings. The highest BCUT2D eigenvalue weighted by Crippen LogP contribution is 2.11. The molecule has 0 radical (unpaired) electrons. The lowest BCUT2D eigenvalue weighted by Crippen LogP contribution is -1.75. The van der Waals surface area contributed by atoms with Gasteiger partial charge in [-0.25, -0.2) is 0 Å². The van der Waals surface area contributed by atoms with E-state index in [-0.39, 0.29) is 0 Å². The minimum absolute atomic E-state index is 1.14. The van der Waals surface area contributed by atoms with Crippen LogP contribution in [0.4, 0.5) is 0 Å². The Morgan fingerprint density at radius 3 is 1.06 bits per heavy atom. The van der Waals surface area contributed by atoms with Crippen LogP contribution in [0.2, 0.25) is 0 Å². The van der Waals surface area contributed by atoms with Crippen molar-refractivity contribution in [1.82, 2.24) is 0 Å². The summed E-state index contributed by atoms with van der Waals surface area (Å²) in [6.07, 6.45) is 7.91. The van der Waals surface area contributed by atoms with Gasteiger partial charge in [0.1, 0.15) is 0 Å². The van der Waals surface area contributed by atoms with Crippen LogP contribution >= 0.6 is 0 Å². The molecule has 2 rings (SSSR count). The monoisotopic (exact) mass is 232 g/mol. The largest absolute Gasteiger partial charge is 0.0985 e. The minimum Gasteiger partial charge on any atom is -0.0985 e. The van der Waals surface area contributed by atoms with Gasteiger partial charge in [0, 0.05) is 0 Å². The van der Waals surface area contributed by atoms with Crippen LogP contribution in [-0.2, 0) is 0 Å². The van der Waals surface area contributed by atoms with E-state index in [1.807, 2.05) is 12.2 Å². The normalized spacial score (nSPS) is 10.4. The van der Waals surface area contributed by atoms with Crippen LogP contribution in [0.5, 0.6) is 0 Å². The predicted octanol–water partition coefficient (Wildman–Crippen LogP) is 5.14. The molecule has 0 nitrogen and oxygen atoms in total. The van der Waals surface area contributed by atoms with Crippen molar-refractivity contribution in [2.75, 3.05) is 0 Å². The maximum atomic E-state index is 3.74. The lowest BCUT2D eigenvalue weighted by molar-refractivity contribution is 1.61. The molecule has 0 unspecified atom stereocenters. The molecule has 0 N–H and O–H groups in total. The maximum Gasteiger partial charge on any atom is -0.0256 e. The topological polar surface area (TPSA) is 0 Å². The average Bonchev–Trinajstić information content (AvgIpc) is 2.46. The summed E-state index contributed by atoms with van der Waals surface area (Å²) in [6, 6.07) is 16.6. The first-order valence-corrected chi connectivity index (χ1v) is 5.95. The van der Waals surface area contributed by atoms with Gasteiger partial charge < -0.3 is 0 Å². The minimum atomic E-state index is 1.14. The van der Waals surface area contributed by atoms with Gasteiger partial charge in [-0.15, -0.1) is 0 Å². The van der Waals surface area contributed by atoms with Crippen LogP contribution in [0.25, 0.3) is 24.3 Å². The van der Waals surface area contributed by atoms with Crippen LogP contribution < -0.4 is 0 Å². The van der Waals surface area contributed by atoms with Crippen LogP contribution in [0.3, 0.4) is 0 Å². The van der Waals surface area contributed by atoms with E-state index in [1.54, 1.807) is 0 Å². The molecule has 0 bridgehead atoms. The Kier molecular flexibility index (Phi) is 3.93. The van der Waals surface area contributed by atoms with Gasteiger partial charge in [0.15, 0.2) is 0 Å². The standard InChI is InChI=1S/C18H16/c1-3-15-5-9-17(10-6-15)13-14-18-11-7-16(4-2)8-12-18/h3-14H,1-2H2/b14-13+. The fourth-order valence-corrected chi connectivity index (χ4v) is 1.68. The molecule has 0 aliphatic heterocycles. The van der Waals surface area contributed by atoms with E-state index < -0.39 is 0 Å². The Labute approximate surface area is 109 Å². The highest BCUT2D eigenvalue weighted by Gasteiger charge is 1.90. The fourth-order valence-electron chi connectivity index (χ4n) is 1.68. The molecular weight excluding hydrogens is 216 g/mol. The van der Waals surface area contributed by atoms with Gasteiger partial charge in [0.25, 0.3) is 0 Å². The summed E-state index contributed by atoms with van der Waals surface area (Å²) >= 11 is 0. The van der Waals surface area contributed by atoms with Gasteiger partial charge in [-0.1, -0.05) is 86.0 Å². The van der Waals surface area contributed by atoms with E-state index in [4.69, 9.17) is 0 Å². The molecule has 0 saturated heterocycles. The second-order valence-electron chi connectivity index (χ2n) is 4.07. The van der Waals surface area contributed by atoms with Crippen molar-refractivity contribution in [1.29, 1.82) is 0 Å². The Bertz CT molecular complexity index is 500. The van der Waals surface area contributed by atoms with E-state index in [0.29, 0.717) is 0 Å². The third kappa shape index (κ3) is 3.08. The van der Waals surface area contributed by atoms with Crippen molar-refractivity contribution < 1.29 is 0 Å². The summed E-state index contributed by atoms with van der Waals surface area (Å²) < 4.78 is 0. The molecule has 0 fully saturated rings. The van der Waals surface area contributed by atoms with Gasteiger partial charge in [0.05, 0.1) is 0 Å². The third-order valence-corrected chi connectivity index (χ3v) is 2.81. The molecule has 0 saturated carbocycles. The first-order valence-electron chi connectivity index (χ1n) is 5.95. The second-order valence-corrected chi connectivity index (χ2v) is 4.07. The Morgan fingerprint density at radius 2 is 0.778 bits per heavy atom. The lowest BCUT2D eigenvalue weighted by atomic mass is 10.1. The van der Waals surface area contributed by atoms with Crippen molar-refractivity contribution in [3.8, 4) is 0 Å². The molecule has 0 spiro atoms. The summed E-state index contributed by atoms with van der Waals surface area (Å²) in [4.78, 5) is 0. The van der Waals surface area contributed by atoms with E-state index in [1.165, 1.54) is 11.1 Å². The predicted molar refractivity (Wildman–Crippen MR) is 82.0 cm³/mol. The molecule has 0 heterocycles. The number of hydrogen-bond acceptors (Lipinski definition) is 0. The van der Waals surface area contributed by atoms with Gasteiger partial charge in [-0.2, -0.15) is 0 Å². The van der Waals surface area contributed by atoms with E-state index >= 15 is 0 Å². The zero-order valence-corrected chi connectivity index (χ0v) is 10.3. The molecule has 18 heavy (non-hydrogen) atoms. The SMILES string of the molecule is C=Cc1ccc(/C=C/c2ccc(C=C)cc2)cc1. The molecule has 0 amide bonds. The zero-order chi connectivity index (χ0) is 12.8. The molecule has 0 atom stereocenters. The zero-order valence-electron chi connectivity index (χ0n) is 10.3. The third-order valence-electron chi connectivity index (χ3n) is 2.81. The number of rotatable bonds is 4. The van der Waals surface area contributed by atoms with E-state index in [0.717, 1.165) is 11.1 Å². The van der Waals surface area contributed by atoms with Crippen molar-refractivity contribution in [3.63, 3.8) is 0 Å². The summed E-state index contributed by atoms with van der Waals surface area (Å²) in [5.74, 6) is 0. The van der Waals surface area contributed by atoms with Gasteiger partial charge >= 0.3 is 0 Å². The van der Waals surface area contributed by atoms with Crippen LogP contribution in [0.1, 0.15) is 22.3 Å². The van der Waals surface area contributed by atoms with Crippen LogP contribution in [-0.4, -0.2) is 0 Å². The summed E-state index contributed by atoms with van der Waals surface area (Å²) in [6.45, 7) is 7.49. The molecule has 0 heteroatoms. The highest BCUT2D eigenvalue weighted by atomic mass is 14.0. The quantitative estimate of drug-likeness (QED) is 0.640. The highest BCUT2D eigenvalue weighted by molar-refractivity contribution is 5.70. The van der Waals surface area contributed by atoms with Gasteiger partial charge in [-0.05, 0) is 22.3 Å². The lowest BCUT2D eigenvalue weighted by Gasteiger charge is -1.97. The van der Waals surface area contributed by atoms with Crippen molar-refractivity contribution in [3.05, 3.63) is 83.9 Å². The van der Waals surface area contributed by atoms with E-state index in [2.05, 4.69) is 73.8 Å². The second kappa shape index (κ2) is 5.83. The molecular formula is C18H16. The summed E-state index contributed by atoms with van der Waals surface area (Å²) in [7, 11) is 0. The summed E-state index contributed by atoms with van der Waals surface area (Å²) in [5.41, 5.74) is 4.66. The van der Waals surface area contributed by atoms with Crippen molar-refractivity contribution in [2.24, 2.45) is 0 Å². The Balaban J connectivity index is 2.13. The average molecular weight is 232 g/mol. The number of benzene rings is 2. The van der Waals surface area contributed by atoms with E-state index in [9.17, 15) is 0 Å². The van der Waals surface area contributed by atoms with Gasteiger partial charge in [-0.3, -0.25) is 0 Å². The maximum absolute atomic E-state index is 3.74. The van der Waals surface area contributed by atoms with Crippen molar-refractivity contribution in [2.45, 2.75) is 0 Å². The Hall–Kier alpha value is -2.34. The first kappa shape index (κ1) is 12.1. The van der Waals surface area contributed by atoms with Crippen molar-refractivity contribution >= 4 is 24.3 Å². The first-order chi connectivity index (χ1) is 8.81. The van der Waals surface area contributed by atoms with Crippen LogP contribution in [0.15, 0.2) is 61.7 Å². The van der Waals surface area contributed by atoms with Gasteiger partial charge in [0.2, 0.25) is 0 Å². The Morgan fingerprint density at radius 1 is 0.500 bits per heavy atom. The molecule has 0 aromatic heterocycles. The summed E-state index contributed by atoms with van der Waals surface area (Å²) in [5, 5.41) is 0. The fraction of sp³-hybridized carbons (Fsp3) is 0. The molecule has 0 aliphatic rings. The molecule has 88 valence electrons. The smallest absolute Gasteiger partial charge is 0.0256 e. The van der Waals surface area contributed by atoms with Crippen LogP contribution in [0, 0.1) is 0 Å².